The van der Waals surface area contributed by atoms with Crippen molar-refractivity contribution in [2.75, 3.05) is 26.4 Å². The first-order chi connectivity index (χ1) is 7.69. The zero-order chi connectivity index (χ0) is 11.2. The average molecular weight is 238 g/mol. The van der Waals surface area contributed by atoms with Gasteiger partial charge in [-0.15, -0.1) is 0 Å². The Morgan fingerprint density at radius 2 is 1.75 bits per heavy atom. The Morgan fingerprint density at radius 1 is 1.12 bits per heavy atom. The second-order valence-corrected chi connectivity index (χ2v) is 5.19. The van der Waals surface area contributed by atoms with Crippen molar-refractivity contribution in [3.63, 3.8) is 0 Å². The van der Waals surface area contributed by atoms with Crippen LogP contribution in [-0.2, 0) is 9.48 Å². The number of ether oxygens (including phenoxy) is 3. The first-order valence-corrected chi connectivity index (χ1v) is 5.85. The van der Waals surface area contributed by atoms with Crippen LogP contribution in [0.4, 0.5) is 0 Å². The van der Waals surface area contributed by atoms with Gasteiger partial charge < -0.3 is 14.2 Å². The highest BCUT2D eigenvalue weighted by molar-refractivity contribution is 7.81. The van der Waals surface area contributed by atoms with E-state index in [2.05, 4.69) is 19.6 Å². The quantitative estimate of drug-likeness (QED) is 0.758. The van der Waals surface area contributed by atoms with E-state index in [1.807, 2.05) is 12.1 Å². The van der Waals surface area contributed by atoms with E-state index in [1.165, 1.54) is 11.1 Å². The van der Waals surface area contributed by atoms with Gasteiger partial charge in [-0.2, -0.15) is 12.6 Å². The maximum atomic E-state index is 5.58. The van der Waals surface area contributed by atoms with E-state index < -0.39 is 0 Å². The second kappa shape index (κ2) is 3.57. The van der Waals surface area contributed by atoms with Gasteiger partial charge in [0.15, 0.2) is 11.5 Å². The van der Waals surface area contributed by atoms with Crippen LogP contribution in [0.2, 0.25) is 0 Å². The molecule has 1 aromatic rings. The lowest BCUT2D eigenvalue weighted by atomic mass is 9.91. The van der Waals surface area contributed by atoms with E-state index in [-0.39, 0.29) is 4.75 Å². The summed E-state index contributed by atoms with van der Waals surface area (Å²) < 4.78 is 16.2. The van der Waals surface area contributed by atoms with Gasteiger partial charge in [0.1, 0.15) is 13.2 Å². The monoisotopic (exact) mass is 238 g/mol. The van der Waals surface area contributed by atoms with Crippen molar-refractivity contribution in [3.8, 4) is 11.5 Å². The van der Waals surface area contributed by atoms with E-state index in [0.29, 0.717) is 26.4 Å². The van der Waals surface area contributed by atoms with E-state index in [9.17, 15) is 0 Å². The fraction of sp³-hybridized carbons (Fsp3) is 0.500. The molecular weight excluding hydrogens is 224 g/mol. The van der Waals surface area contributed by atoms with E-state index >= 15 is 0 Å². The third kappa shape index (κ3) is 1.48. The molecule has 3 nitrogen and oxygen atoms in total. The number of rotatable bonds is 1. The molecule has 0 unspecified atom stereocenters. The van der Waals surface area contributed by atoms with Crippen LogP contribution in [0.15, 0.2) is 12.1 Å². The van der Waals surface area contributed by atoms with Crippen molar-refractivity contribution in [1.29, 1.82) is 0 Å². The number of benzene rings is 1. The molecule has 1 saturated heterocycles. The molecule has 4 heteroatoms. The van der Waals surface area contributed by atoms with Gasteiger partial charge >= 0.3 is 0 Å². The van der Waals surface area contributed by atoms with E-state index in [4.69, 9.17) is 14.2 Å². The Hall–Kier alpha value is -0.870. The Labute approximate surface area is 100 Å². The van der Waals surface area contributed by atoms with Crippen LogP contribution < -0.4 is 9.47 Å². The van der Waals surface area contributed by atoms with Gasteiger partial charge in [0.25, 0.3) is 0 Å². The number of hydrogen-bond acceptors (Lipinski definition) is 4. The first kappa shape index (κ1) is 10.3. The Bertz CT molecular complexity index is 427. The average Bonchev–Trinajstić information content (AvgIpc) is 2.25. The molecule has 1 fully saturated rings. The van der Waals surface area contributed by atoms with Crippen molar-refractivity contribution in [2.45, 2.75) is 11.7 Å². The van der Waals surface area contributed by atoms with Crippen LogP contribution >= 0.6 is 12.6 Å². The summed E-state index contributed by atoms with van der Waals surface area (Å²) in [5.74, 6) is 1.66. The fourth-order valence-electron chi connectivity index (χ4n) is 2.14. The van der Waals surface area contributed by atoms with E-state index in [0.717, 1.165) is 11.5 Å². The van der Waals surface area contributed by atoms with Crippen LogP contribution in [0, 0.1) is 6.92 Å². The highest BCUT2D eigenvalue weighted by Crippen LogP contribution is 2.42. The van der Waals surface area contributed by atoms with Crippen LogP contribution in [0.1, 0.15) is 11.1 Å². The largest absolute Gasteiger partial charge is 0.486 e. The molecule has 0 radical (unpaired) electrons. The minimum absolute atomic E-state index is 0.153. The molecule has 0 saturated carbocycles. The van der Waals surface area contributed by atoms with Gasteiger partial charge in [-0.05, 0) is 30.2 Å². The van der Waals surface area contributed by atoms with Crippen molar-refractivity contribution in [3.05, 3.63) is 23.3 Å². The second-order valence-electron chi connectivity index (χ2n) is 4.34. The minimum atomic E-state index is -0.153. The third-order valence-electron chi connectivity index (χ3n) is 3.07. The van der Waals surface area contributed by atoms with Crippen molar-refractivity contribution >= 4 is 12.6 Å². The Kier molecular flexibility index (Phi) is 2.30. The van der Waals surface area contributed by atoms with Crippen LogP contribution in [0.25, 0.3) is 0 Å². The minimum Gasteiger partial charge on any atom is -0.486 e. The standard InChI is InChI=1S/C12H14O3S/c1-8-4-10-11(15-3-2-14-10)5-9(8)12(16)6-13-7-12/h4-5,16H,2-3,6-7H2,1H3. The van der Waals surface area contributed by atoms with Gasteiger partial charge in [0, 0.05) is 0 Å². The lowest BCUT2D eigenvalue weighted by Gasteiger charge is -2.39. The molecule has 2 aliphatic rings. The zero-order valence-electron chi connectivity index (χ0n) is 9.16. The first-order valence-electron chi connectivity index (χ1n) is 5.40. The smallest absolute Gasteiger partial charge is 0.161 e. The van der Waals surface area contributed by atoms with Gasteiger partial charge in [0.2, 0.25) is 0 Å². The molecule has 2 aliphatic heterocycles. The maximum absolute atomic E-state index is 5.58. The summed E-state index contributed by atoms with van der Waals surface area (Å²) in [6.07, 6.45) is 0. The van der Waals surface area contributed by atoms with Crippen molar-refractivity contribution in [1.82, 2.24) is 0 Å². The zero-order valence-corrected chi connectivity index (χ0v) is 10.0. The summed E-state index contributed by atoms with van der Waals surface area (Å²) in [4.78, 5) is 0. The molecule has 0 atom stereocenters. The number of thiol groups is 1. The SMILES string of the molecule is Cc1cc2c(cc1C1(S)COC1)OCCO2. The van der Waals surface area contributed by atoms with Crippen molar-refractivity contribution in [2.24, 2.45) is 0 Å². The molecule has 0 N–H and O–H groups in total. The predicted octanol–water partition coefficient (Wildman–Crippen LogP) is 1.92. The summed E-state index contributed by atoms with van der Waals surface area (Å²) >= 11 is 4.68. The van der Waals surface area contributed by atoms with Gasteiger partial charge in [-0.3, -0.25) is 0 Å². The summed E-state index contributed by atoms with van der Waals surface area (Å²) in [5, 5.41) is 0. The van der Waals surface area contributed by atoms with Crippen LogP contribution in [-0.4, -0.2) is 26.4 Å². The Balaban J connectivity index is 2.05. The predicted molar refractivity (Wildman–Crippen MR) is 63.7 cm³/mol. The topological polar surface area (TPSA) is 27.7 Å². The number of hydrogen-bond donors (Lipinski definition) is 1. The molecule has 2 heterocycles. The molecule has 0 aliphatic carbocycles. The number of fused-ring (bicyclic) bond motifs is 1. The maximum Gasteiger partial charge on any atom is 0.161 e. The van der Waals surface area contributed by atoms with Gasteiger partial charge in [-0.1, -0.05) is 0 Å². The normalized spacial score (nSPS) is 21.4. The van der Waals surface area contributed by atoms with Crippen LogP contribution in [0.3, 0.4) is 0 Å². The van der Waals surface area contributed by atoms with Crippen molar-refractivity contribution < 1.29 is 14.2 Å². The highest BCUT2D eigenvalue weighted by Gasteiger charge is 2.38. The summed E-state index contributed by atoms with van der Waals surface area (Å²) in [6.45, 7) is 4.64. The van der Waals surface area contributed by atoms with Crippen LogP contribution in [0.5, 0.6) is 11.5 Å². The molecule has 0 bridgehead atoms. The summed E-state index contributed by atoms with van der Waals surface area (Å²) in [7, 11) is 0. The third-order valence-corrected chi connectivity index (χ3v) is 3.57. The lowest BCUT2D eigenvalue weighted by Crippen LogP contribution is -2.42. The molecule has 0 spiro atoms. The molecule has 0 aromatic heterocycles. The van der Waals surface area contributed by atoms with Gasteiger partial charge in [-0.25, -0.2) is 0 Å². The molecule has 1 aromatic carbocycles. The molecule has 16 heavy (non-hydrogen) atoms. The number of aryl methyl sites for hydroxylation is 1. The molecular formula is C12H14O3S. The van der Waals surface area contributed by atoms with Gasteiger partial charge in [0.05, 0.1) is 18.0 Å². The summed E-state index contributed by atoms with van der Waals surface area (Å²) in [6, 6.07) is 4.07. The fourth-order valence-corrected chi connectivity index (χ4v) is 2.57. The molecule has 86 valence electrons. The molecule has 3 rings (SSSR count). The molecule has 0 amide bonds. The lowest BCUT2D eigenvalue weighted by molar-refractivity contribution is -0.0101. The highest BCUT2D eigenvalue weighted by atomic mass is 32.1. The van der Waals surface area contributed by atoms with E-state index in [1.54, 1.807) is 0 Å². The summed E-state index contributed by atoms with van der Waals surface area (Å²) in [5.41, 5.74) is 2.37. The Morgan fingerprint density at radius 3 is 2.31 bits per heavy atom.